The first-order valence-corrected chi connectivity index (χ1v) is 14.1. The van der Waals surface area contributed by atoms with Gasteiger partial charge in [0, 0.05) is 24.7 Å². The zero-order chi connectivity index (χ0) is 32.4. The summed E-state index contributed by atoms with van der Waals surface area (Å²) in [4.78, 5) is 25.4. The molecule has 1 amide bonds. The van der Waals surface area contributed by atoms with E-state index in [0.717, 1.165) is 0 Å². The summed E-state index contributed by atoms with van der Waals surface area (Å²) in [7, 11) is 0. The van der Waals surface area contributed by atoms with Crippen molar-refractivity contribution >= 4 is 12.0 Å². The lowest BCUT2D eigenvalue weighted by atomic mass is 9.87. The molecule has 4 rings (SSSR count). The molecule has 240 valence electrons. The normalized spacial score (nSPS) is 19.6. The fourth-order valence-electron chi connectivity index (χ4n) is 5.37. The van der Waals surface area contributed by atoms with Gasteiger partial charge in [0.05, 0.1) is 23.5 Å². The number of amides is 1. The second-order valence-electron chi connectivity index (χ2n) is 11.7. The molecule has 3 heterocycles. The summed E-state index contributed by atoms with van der Waals surface area (Å²) in [6, 6.07) is 0.452. The number of hydrogen-bond donors (Lipinski definition) is 0. The number of halogens is 6. The van der Waals surface area contributed by atoms with Crippen molar-refractivity contribution < 1.29 is 35.9 Å². The van der Waals surface area contributed by atoms with Gasteiger partial charge in [-0.25, -0.2) is 14.8 Å². The maximum Gasteiger partial charge on any atom is 0.416 e. The van der Waals surface area contributed by atoms with Crippen LogP contribution < -0.4 is 4.90 Å². The molecule has 0 aliphatic carbocycles. The average Bonchev–Trinajstić information content (AvgIpc) is 3.48. The van der Waals surface area contributed by atoms with Gasteiger partial charge >= 0.3 is 18.4 Å². The highest BCUT2D eigenvalue weighted by atomic mass is 19.4. The molecule has 2 unspecified atom stereocenters. The van der Waals surface area contributed by atoms with Gasteiger partial charge in [0.1, 0.15) is 17.6 Å². The van der Waals surface area contributed by atoms with Crippen LogP contribution in [0.5, 0.6) is 0 Å². The molecular weight excluding hydrogens is 594 g/mol. The van der Waals surface area contributed by atoms with E-state index < -0.39 is 41.2 Å². The van der Waals surface area contributed by atoms with Crippen LogP contribution in [0.1, 0.15) is 77.0 Å². The number of likely N-dealkylation sites (tertiary alicyclic amines) is 1. The topological polar surface area (TPSA) is 102 Å². The van der Waals surface area contributed by atoms with Crippen molar-refractivity contribution in [3.05, 3.63) is 53.6 Å². The summed E-state index contributed by atoms with van der Waals surface area (Å²) in [6.45, 7) is 8.76. The molecule has 0 bridgehead atoms. The SMILES string of the molecule is CCC1CC(N(Cc2cc(C(F)(F)F)cc(C(F)(F)F)c2)c2ncc(-n3cnnn3)cn2)CC(CC)N1C(=O)OC(C)(C)C. The first kappa shape index (κ1) is 32.9. The van der Waals surface area contributed by atoms with E-state index in [2.05, 4.69) is 25.5 Å². The molecule has 0 spiro atoms. The van der Waals surface area contributed by atoms with Gasteiger partial charge in [-0.1, -0.05) is 13.8 Å². The fraction of sp³-hybridized carbons (Fsp3) is 0.571. The highest BCUT2D eigenvalue weighted by Gasteiger charge is 2.42. The lowest BCUT2D eigenvalue weighted by Crippen LogP contribution is -2.57. The van der Waals surface area contributed by atoms with Crippen LogP contribution >= 0.6 is 0 Å². The van der Waals surface area contributed by atoms with Gasteiger partial charge in [-0.2, -0.15) is 31.0 Å². The standard InChI is InChI=1S/C28H34F6N8O2/c1-6-20-11-22(12-21(7-2)42(20)25(43)44-26(3,4)5)40(24-35-13-23(14-36-24)41-16-37-38-39-41)15-17-8-18(27(29,30)31)10-19(9-17)28(32,33)34/h8-10,13-14,16,20-22H,6-7,11-12,15H2,1-5H3. The van der Waals surface area contributed by atoms with Gasteiger partial charge < -0.3 is 14.5 Å². The summed E-state index contributed by atoms with van der Waals surface area (Å²) in [6.07, 6.45) is -4.54. The minimum atomic E-state index is -5.00. The molecule has 0 N–H and O–H groups in total. The third-order valence-corrected chi connectivity index (χ3v) is 7.36. The van der Waals surface area contributed by atoms with Crippen molar-refractivity contribution in [3.8, 4) is 5.69 Å². The molecule has 0 radical (unpaired) electrons. The van der Waals surface area contributed by atoms with Crippen LogP contribution in [0.3, 0.4) is 0 Å². The Labute approximate surface area is 250 Å². The summed E-state index contributed by atoms with van der Waals surface area (Å²) < 4.78 is 89.1. The molecule has 1 saturated heterocycles. The summed E-state index contributed by atoms with van der Waals surface area (Å²) in [5.41, 5.74) is -3.36. The molecule has 1 fully saturated rings. The predicted octanol–water partition coefficient (Wildman–Crippen LogP) is 6.45. The van der Waals surface area contributed by atoms with E-state index in [1.807, 2.05) is 13.8 Å². The maximum atomic E-state index is 13.7. The Kier molecular flexibility index (Phi) is 9.40. The number of anilines is 1. The molecule has 1 aromatic carbocycles. The van der Waals surface area contributed by atoms with E-state index in [0.29, 0.717) is 43.5 Å². The minimum absolute atomic E-state index is 0.0909. The number of nitrogens with zero attached hydrogens (tertiary/aromatic N) is 8. The zero-order valence-electron chi connectivity index (χ0n) is 24.9. The Morgan fingerprint density at radius 1 is 0.932 bits per heavy atom. The summed E-state index contributed by atoms with van der Waals surface area (Å²) >= 11 is 0. The van der Waals surface area contributed by atoms with Gasteiger partial charge in [-0.15, -0.1) is 5.10 Å². The lowest BCUT2D eigenvalue weighted by molar-refractivity contribution is -0.143. The average molecular weight is 629 g/mol. The van der Waals surface area contributed by atoms with Crippen LogP contribution in [0.2, 0.25) is 0 Å². The van der Waals surface area contributed by atoms with Crippen molar-refractivity contribution in [1.82, 2.24) is 35.1 Å². The number of rotatable bonds is 7. The molecule has 10 nitrogen and oxygen atoms in total. The van der Waals surface area contributed by atoms with Gasteiger partial charge in [0.15, 0.2) is 0 Å². The first-order chi connectivity index (χ1) is 20.5. The quantitative estimate of drug-likeness (QED) is 0.275. The van der Waals surface area contributed by atoms with Crippen LogP contribution in [0.25, 0.3) is 5.69 Å². The Morgan fingerprint density at radius 2 is 1.48 bits per heavy atom. The molecule has 1 aliphatic rings. The van der Waals surface area contributed by atoms with Crippen molar-refractivity contribution in [2.45, 2.75) is 103 Å². The minimum Gasteiger partial charge on any atom is -0.444 e. The number of benzene rings is 1. The highest BCUT2D eigenvalue weighted by molar-refractivity contribution is 5.69. The van der Waals surface area contributed by atoms with E-state index in [9.17, 15) is 31.1 Å². The number of ether oxygens (including phenoxy) is 1. The van der Waals surface area contributed by atoms with E-state index in [4.69, 9.17) is 4.74 Å². The van der Waals surface area contributed by atoms with Crippen molar-refractivity contribution in [1.29, 1.82) is 0 Å². The van der Waals surface area contributed by atoms with Gasteiger partial charge in [0.2, 0.25) is 5.95 Å². The second-order valence-corrected chi connectivity index (χ2v) is 11.7. The smallest absolute Gasteiger partial charge is 0.416 e. The molecule has 2 aromatic heterocycles. The van der Waals surface area contributed by atoms with Gasteiger partial charge in [-0.05, 0) is 80.6 Å². The predicted molar refractivity (Wildman–Crippen MR) is 147 cm³/mol. The number of alkyl halides is 6. The summed E-state index contributed by atoms with van der Waals surface area (Å²) in [5.74, 6) is 0.0909. The number of piperidine rings is 1. The highest BCUT2D eigenvalue weighted by Crippen LogP contribution is 2.38. The molecule has 2 atom stereocenters. The van der Waals surface area contributed by atoms with Crippen LogP contribution in [-0.4, -0.2) is 64.9 Å². The van der Waals surface area contributed by atoms with E-state index >= 15 is 0 Å². The van der Waals surface area contributed by atoms with Crippen molar-refractivity contribution in [2.24, 2.45) is 0 Å². The van der Waals surface area contributed by atoms with Crippen LogP contribution in [-0.2, 0) is 23.6 Å². The van der Waals surface area contributed by atoms with Crippen LogP contribution in [0.4, 0.5) is 37.1 Å². The molecule has 3 aromatic rings. The van der Waals surface area contributed by atoms with E-state index in [1.54, 1.807) is 30.6 Å². The first-order valence-electron chi connectivity index (χ1n) is 14.1. The maximum absolute atomic E-state index is 13.7. The van der Waals surface area contributed by atoms with Gasteiger partial charge in [0.25, 0.3) is 0 Å². The molecule has 1 aliphatic heterocycles. The Hall–Kier alpha value is -3.98. The number of carbonyl (C=O) groups excluding carboxylic acids is 1. The van der Waals surface area contributed by atoms with Crippen molar-refractivity contribution in [3.63, 3.8) is 0 Å². The summed E-state index contributed by atoms with van der Waals surface area (Å²) in [5, 5.41) is 10.9. The second kappa shape index (κ2) is 12.6. The number of hydrogen-bond acceptors (Lipinski definition) is 8. The van der Waals surface area contributed by atoms with Gasteiger partial charge in [-0.3, -0.25) is 0 Å². The molecular formula is C28H34F6N8O2. The Balaban J connectivity index is 1.76. The monoisotopic (exact) mass is 628 g/mol. The van der Waals surface area contributed by atoms with E-state index in [-0.39, 0.29) is 36.2 Å². The fourth-order valence-corrected chi connectivity index (χ4v) is 5.37. The molecule has 0 saturated carbocycles. The zero-order valence-corrected chi connectivity index (χ0v) is 24.9. The number of aromatic nitrogens is 6. The van der Waals surface area contributed by atoms with E-state index in [1.165, 1.54) is 23.4 Å². The van der Waals surface area contributed by atoms with Crippen LogP contribution in [0.15, 0.2) is 36.9 Å². The number of tetrazole rings is 1. The molecule has 16 heteroatoms. The molecule has 44 heavy (non-hydrogen) atoms. The largest absolute Gasteiger partial charge is 0.444 e. The Bertz CT molecular complexity index is 1360. The third-order valence-electron chi connectivity index (χ3n) is 7.36. The number of carbonyl (C=O) groups is 1. The third kappa shape index (κ3) is 7.75. The Morgan fingerprint density at radius 3 is 1.91 bits per heavy atom. The van der Waals surface area contributed by atoms with Crippen molar-refractivity contribution in [2.75, 3.05) is 4.90 Å². The van der Waals surface area contributed by atoms with Crippen LogP contribution in [0, 0.1) is 0 Å². The lowest BCUT2D eigenvalue weighted by Gasteiger charge is -2.48.